The molecule has 7 heteroatoms. The van der Waals surface area contributed by atoms with Crippen molar-refractivity contribution in [2.75, 3.05) is 21.3 Å². The van der Waals surface area contributed by atoms with Gasteiger partial charge in [0, 0.05) is 0 Å². The highest BCUT2D eigenvalue weighted by Crippen LogP contribution is 2.47. The van der Waals surface area contributed by atoms with Crippen LogP contribution in [0.15, 0.2) is 6.07 Å². The Morgan fingerprint density at radius 1 is 1.16 bits per heavy atom. The molecule has 0 unspecified atom stereocenters. The summed E-state index contributed by atoms with van der Waals surface area (Å²) in [5.74, 6) is 0.498. The van der Waals surface area contributed by atoms with Crippen LogP contribution in [0.25, 0.3) is 0 Å². The number of Topliss-reactive ketones (excluding diaryl/α,β-unsaturated/α-hetero) is 1. The number of aliphatic hydroxyl groups excluding tert-OH is 1. The van der Waals surface area contributed by atoms with E-state index in [2.05, 4.69) is 0 Å². The summed E-state index contributed by atoms with van der Waals surface area (Å²) in [7, 11) is 4.34. The number of ketones is 1. The van der Waals surface area contributed by atoms with Crippen molar-refractivity contribution in [2.45, 2.75) is 12.1 Å². The number of nitrogens with two attached hydrogens (primary N) is 1. The Kier molecular flexibility index (Phi) is 4.62. The van der Waals surface area contributed by atoms with E-state index >= 15 is 0 Å². The third-order valence-electron chi connectivity index (χ3n) is 3.07. The summed E-state index contributed by atoms with van der Waals surface area (Å²) in [6.45, 7) is 0. The van der Waals surface area contributed by atoms with E-state index in [-0.39, 0.29) is 23.7 Å². The van der Waals surface area contributed by atoms with Gasteiger partial charge in [0.2, 0.25) is 5.75 Å². The molecule has 0 bridgehead atoms. The number of methoxy groups -OCH3 is 3. The smallest absolute Gasteiger partial charge is 0.204 e. The molecule has 2 atom stereocenters. The Morgan fingerprint density at radius 2 is 1.74 bits per heavy atom. The van der Waals surface area contributed by atoms with E-state index in [1.165, 1.54) is 21.3 Å². The first-order valence-electron chi connectivity index (χ1n) is 5.37. The second-order valence-corrected chi connectivity index (χ2v) is 3.94. The third kappa shape index (κ3) is 2.11. The zero-order chi connectivity index (χ0) is 13.4. The number of halogens is 1. The Morgan fingerprint density at radius 3 is 2.21 bits per heavy atom. The highest BCUT2D eigenvalue weighted by molar-refractivity contribution is 6.08. The molecule has 0 radical (unpaired) electrons. The van der Waals surface area contributed by atoms with Crippen LogP contribution in [0.1, 0.15) is 22.0 Å². The molecule has 6 nitrogen and oxygen atoms in total. The van der Waals surface area contributed by atoms with E-state index in [0.717, 1.165) is 0 Å². The average molecular weight is 290 g/mol. The second-order valence-electron chi connectivity index (χ2n) is 3.94. The lowest BCUT2D eigenvalue weighted by atomic mass is 10.1. The molecule has 0 spiro atoms. The van der Waals surface area contributed by atoms with Crippen LogP contribution in [-0.2, 0) is 0 Å². The van der Waals surface area contributed by atoms with E-state index in [9.17, 15) is 9.90 Å². The van der Waals surface area contributed by atoms with Gasteiger partial charge in [-0.2, -0.15) is 0 Å². The van der Waals surface area contributed by atoms with Crippen molar-refractivity contribution in [3.8, 4) is 17.2 Å². The van der Waals surface area contributed by atoms with Gasteiger partial charge < -0.3 is 25.1 Å². The lowest BCUT2D eigenvalue weighted by molar-refractivity contribution is 0.0734. The summed E-state index contributed by atoms with van der Waals surface area (Å²) in [4.78, 5) is 11.9. The lowest BCUT2D eigenvalue weighted by Gasteiger charge is -2.15. The number of carbonyl (C=O) groups excluding carboxylic acids is 1. The first-order chi connectivity index (χ1) is 8.56. The Hall–Kier alpha value is -1.50. The van der Waals surface area contributed by atoms with Gasteiger partial charge >= 0.3 is 0 Å². The van der Waals surface area contributed by atoms with Crippen molar-refractivity contribution < 1.29 is 24.1 Å². The summed E-state index contributed by atoms with van der Waals surface area (Å²) in [5, 5.41) is 9.72. The van der Waals surface area contributed by atoms with Crippen molar-refractivity contribution in [3.63, 3.8) is 0 Å². The molecule has 3 N–H and O–H groups in total. The minimum atomic E-state index is -1.26. The summed E-state index contributed by atoms with van der Waals surface area (Å²) in [5.41, 5.74) is 6.56. The summed E-state index contributed by atoms with van der Waals surface area (Å²) >= 11 is 0. The maximum atomic E-state index is 11.9. The first-order valence-corrected chi connectivity index (χ1v) is 5.37. The quantitative estimate of drug-likeness (QED) is 0.851. The topological polar surface area (TPSA) is 91.0 Å². The Labute approximate surface area is 116 Å². The third-order valence-corrected chi connectivity index (χ3v) is 3.07. The number of benzene rings is 1. The molecular weight excluding hydrogens is 274 g/mol. The molecule has 2 rings (SSSR count). The summed E-state index contributed by atoms with van der Waals surface area (Å²) < 4.78 is 15.5. The van der Waals surface area contributed by atoms with Gasteiger partial charge in [0.1, 0.15) is 6.10 Å². The average Bonchev–Trinajstić information content (AvgIpc) is 2.61. The normalized spacial score (nSPS) is 20.6. The van der Waals surface area contributed by atoms with Gasteiger partial charge in [-0.3, -0.25) is 4.79 Å². The molecular formula is C12H16ClNO5. The van der Waals surface area contributed by atoms with Crippen LogP contribution in [0.4, 0.5) is 0 Å². The predicted octanol–water partition coefficient (Wildman–Crippen LogP) is 0.691. The number of hydrogen-bond acceptors (Lipinski definition) is 6. The fraction of sp³-hybridized carbons (Fsp3) is 0.417. The van der Waals surface area contributed by atoms with E-state index in [1.807, 2.05) is 0 Å². The predicted molar refractivity (Wildman–Crippen MR) is 70.6 cm³/mol. The van der Waals surface area contributed by atoms with Gasteiger partial charge in [-0.1, -0.05) is 0 Å². The van der Waals surface area contributed by atoms with Crippen LogP contribution in [0.3, 0.4) is 0 Å². The van der Waals surface area contributed by atoms with Crippen LogP contribution >= 0.6 is 12.4 Å². The number of fused-ring (bicyclic) bond motifs is 1. The van der Waals surface area contributed by atoms with Crippen LogP contribution < -0.4 is 19.9 Å². The molecule has 0 saturated carbocycles. The summed E-state index contributed by atoms with van der Waals surface area (Å²) in [6.07, 6.45) is -1.26. The van der Waals surface area contributed by atoms with Gasteiger partial charge in [0.25, 0.3) is 0 Å². The second kappa shape index (κ2) is 5.64. The number of rotatable bonds is 3. The zero-order valence-corrected chi connectivity index (χ0v) is 11.6. The van der Waals surface area contributed by atoms with E-state index in [4.69, 9.17) is 19.9 Å². The molecule has 0 saturated heterocycles. The fourth-order valence-corrected chi connectivity index (χ4v) is 2.17. The van der Waals surface area contributed by atoms with Gasteiger partial charge in [-0.15, -0.1) is 12.4 Å². The standard InChI is InChI=1S/C12H15NO5.ClH/c1-16-6-4-5-7(9(14)10(15)8(5)13)12(18-3)11(6)17-2;/h4,8,10,15H,13H2,1-3H3;1H/t8-,10-;/m0./s1. The molecule has 106 valence electrons. The molecule has 1 aliphatic carbocycles. The molecule has 1 aromatic rings. The van der Waals surface area contributed by atoms with Crippen molar-refractivity contribution in [1.29, 1.82) is 0 Å². The molecule has 0 amide bonds. The van der Waals surface area contributed by atoms with Crippen molar-refractivity contribution in [1.82, 2.24) is 0 Å². The maximum Gasteiger partial charge on any atom is 0.204 e. The molecule has 1 aromatic carbocycles. The van der Waals surface area contributed by atoms with Crippen molar-refractivity contribution in [3.05, 3.63) is 17.2 Å². The van der Waals surface area contributed by atoms with Gasteiger partial charge in [0.15, 0.2) is 17.3 Å². The molecule has 0 fully saturated rings. The zero-order valence-electron chi connectivity index (χ0n) is 10.8. The van der Waals surface area contributed by atoms with Crippen molar-refractivity contribution in [2.24, 2.45) is 5.73 Å². The fourth-order valence-electron chi connectivity index (χ4n) is 2.17. The van der Waals surface area contributed by atoms with E-state index in [1.54, 1.807) is 6.07 Å². The highest BCUT2D eigenvalue weighted by atomic mass is 35.5. The maximum absolute atomic E-state index is 11.9. The Balaban J connectivity index is 0.00000180. The van der Waals surface area contributed by atoms with Crippen LogP contribution in [0.2, 0.25) is 0 Å². The summed E-state index contributed by atoms with van der Waals surface area (Å²) in [6, 6.07) is 0.816. The first kappa shape index (κ1) is 15.6. The minimum absolute atomic E-state index is 0. The molecule has 1 aliphatic rings. The number of hydrogen-bond donors (Lipinski definition) is 2. The molecule has 0 aromatic heterocycles. The van der Waals surface area contributed by atoms with Crippen LogP contribution in [0.5, 0.6) is 17.2 Å². The number of carbonyl (C=O) groups is 1. The van der Waals surface area contributed by atoms with Crippen LogP contribution in [-0.4, -0.2) is 38.3 Å². The number of ether oxygens (including phenoxy) is 3. The van der Waals surface area contributed by atoms with E-state index in [0.29, 0.717) is 17.1 Å². The van der Waals surface area contributed by atoms with Crippen molar-refractivity contribution >= 4 is 18.2 Å². The largest absolute Gasteiger partial charge is 0.493 e. The lowest BCUT2D eigenvalue weighted by Crippen LogP contribution is -2.25. The molecule has 0 aliphatic heterocycles. The SMILES string of the molecule is COc1cc2c(c(OC)c1OC)C(=O)[C@@H](O)[C@H]2N.Cl. The van der Waals surface area contributed by atoms with Gasteiger partial charge in [-0.25, -0.2) is 0 Å². The molecule has 19 heavy (non-hydrogen) atoms. The van der Waals surface area contributed by atoms with Gasteiger partial charge in [0.05, 0.1) is 32.9 Å². The van der Waals surface area contributed by atoms with Gasteiger partial charge in [-0.05, 0) is 11.6 Å². The Bertz CT molecular complexity index is 505. The highest BCUT2D eigenvalue weighted by Gasteiger charge is 2.41. The monoisotopic (exact) mass is 289 g/mol. The molecule has 0 heterocycles. The van der Waals surface area contributed by atoms with E-state index < -0.39 is 17.9 Å². The number of aliphatic hydroxyl groups is 1. The minimum Gasteiger partial charge on any atom is -0.493 e. The van der Waals surface area contributed by atoms with Crippen LogP contribution in [0, 0.1) is 0 Å².